The van der Waals surface area contributed by atoms with Crippen LogP contribution in [0.3, 0.4) is 0 Å². The zero-order valence-corrected chi connectivity index (χ0v) is 10.7. The van der Waals surface area contributed by atoms with Crippen molar-refractivity contribution in [1.29, 1.82) is 0 Å². The third kappa shape index (κ3) is 3.00. The van der Waals surface area contributed by atoms with Crippen LogP contribution in [0.4, 0.5) is 0 Å². The first-order valence-electron chi connectivity index (χ1n) is 5.91. The Morgan fingerprint density at radius 2 is 2.18 bits per heavy atom. The molecule has 0 aromatic carbocycles. The van der Waals surface area contributed by atoms with E-state index in [-0.39, 0.29) is 11.5 Å². The van der Waals surface area contributed by atoms with Crippen LogP contribution in [0, 0.1) is 0 Å². The van der Waals surface area contributed by atoms with Gasteiger partial charge in [0, 0.05) is 5.25 Å². The van der Waals surface area contributed by atoms with Gasteiger partial charge in [0.15, 0.2) is 7.05 Å². The fourth-order valence-corrected chi connectivity index (χ4v) is 3.33. The highest BCUT2D eigenvalue weighted by Crippen LogP contribution is 2.28. The summed E-state index contributed by atoms with van der Waals surface area (Å²) in [5.74, 6) is 0.208. The molecule has 1 aliphatic carbocycles. The van der Waals surface area contributed by atoms with Crippen molar-refractivity contribution in [3.05, 3.63) is 16.1 Å². The Balaban J connectivity index is 1.91. The molecule has 1 heterocycles. The van der Waals surface area contributed by atoms with E-state index in [1.54, 1.807) is 18.8 Å². The number of carbonyl (C=O) groups is 1. The quantitative estimate of drug-likeness (QED) is 0.646. The molecule has 6 heteroatoms. The Labute approximate surface area is 104 Å². The molecule has 1 aliphatic rings. The number of hydrogen-bond donors (Lipinski definition) is 1. The predicted octanol–water partition coefficient (Wildman–Crippen LogP) is 1.04. The van der Waals surface area contributed by atoms with Gasteiger partial charge in [-0.2, -0.15) is 11.8 Å². The number of aryl methyl sites for hydroxylation is 1. The molecule has 5 nitrogen and oxygen atoms in total. The van der Waals surface area contributed by atoms with Crippen LogP contribution in [0.15, 0.2) is 9.32 Å². The molecule has 0 radical (unpaired) electrons. The topological polar surface area (TPSA) is 67.0 Å². The maximum Gasteiger partial charge on any atom is 0.438 e. The van der Waals surface area contributed by atoms with Crippen molar-refractivity contribution in [2.24, 2.45) is 7.05 Å². The van der Waals surface area contributed by atoms with Gasteiger partial charge in [0.05, 0.1) is 5.75 Å². The number of rotatable bonds is 4. The summed E-state index contributed by atoms with van der Waals surface area (Å²) in [5, 5.41) is 2.93. The average molecular weight is 257 g/mol. The molecule has 1 N–H and O–H groups in total. The molecule has 94 valence electrons. The maximum atomic E-state index is 11.9. The first kappa shape index (κ1) is 12.4. The summed E-state index contributed by atoms with van der Waals surface area (Å²) in [4.78, 5) is 23.2. The average Bonchev–Trinajstić information content (AvgIpc) is 2.67. The van der Waals surface area contributed by atoms with Gasteiger partial charge in [-0.05, 0) is 18.1 Å². The van der Waals surface area contributed by atoms with Gasteiger partial charge in [-0.3, -0.25) is 9.32 Å². The highest BCUT2D eigenvalue weighted by molar-refractivity contribution is 8.00. The molecule has 1 aromatic heterocycles. The molecule has 0 saturated heterocycles. The minimum Gasteiger partial charge on any atom is -0.286 e. The first-order chi connectivity index (χ1) is 8.18. The largest absolute Gasteiger partial charge is 0.438 e. The summed E-state index contributed by atoms with van der Waals surface area (Å²) in [5.41, 5.74) is -0.477. The second kappa shape index (κ2) is 5.53. The van der Waals surface area contributed by atoms with Gasteiger partial charge in [0.25, 0.3) is 0 Å². The van der Waals surface area contributed by atoms with Gasteiger partial charge in [-0.1, -0.05) is 23.9 Å². The number of nitrogens with zero attached hydrogens (tertiary/aromatic N) is 1. The summed E-state index contributed by atoms with van der Waals surface area (Å²) < 4.78 is 5.90. The molecular weight excluding hydrogens is 240 g/mol. The van der Waals surface area contributed by atoms with Gasteiger partial charge in [-0.15, -0.1) is 0 Å². The summed E-state index contributed by atoms with van der Waals surface area (Å²) in [7, 11) is 1.60. The minimum absolute atomic E-state index is 0.105. The van der Waals surface area contributed by atoms with Crippen molar-refractivity contribution in [3.8, 4) is 0 Å². The van der Waals surface area contributed by atoms with E-state index in [4.69, 9.17) is 0 Å². The van der Waals surface area contributed by atoms with Gasteiger partial charge in [-0.25, -0.2) is 4.79 Å². The second-order valence-corrected chi connectivity index (χ2v) is 5.67. The molecule has 1 aromatic rings. The van der Waals surface area contributed by atoms with E-state index in [2.05, 4.69) is 9.79 Å². The smallest absolute Gasteiger partial charge is 0.286 e. The molecule has 0 atom stereocenters. The number of ketones is 1. The van der Waals surface area contributed by atoms with E-state index >= 15 is 0 Å². The summed E-state index contributed by atoms with van der Waals surface area (Å²) in [6.45, 7) is 0. The van der Waals surface area contributed by atoms with Crippen molar-refractivity contribution in [1.82, 2.24) is 5.27 Å². The van der Waals surface area contributed by atoms with Gasteiger partial charge < -0.3 is 0 Å². The molecule has 0 bridgehead atoms. The van der Waals surface area contributed by atoms with Gasteiger partial charge in [0.1, 0.15) is 0 Å². The van der Waals surface area contributed by atoms with Crippen molar-refractivity contribution in [3.63, 3.8) is 0 Å². The highest BCUT2D eigenvalue weighted by atomic mass is 32.2. The van der Waals surface area contributed by atoms with Crippen LogP contribution in [0.1, 0.15) is 42.6 Å². The second-order valence-electron chi connectivity index (χ2n) is 4.38. The van der Waals surface area contributed by atoms with Crippen molar-refractivity contribution < 1.29 is 14.0 Å². The lowest BCUT2D eigenvalue weighted by molar-refractivity contribution is -0.741. The Morgan fingerprint density at radius 3 is 2.76 bits per heavy atom. The Morgan fingerprint density at radius 1 is 1.47 bits per heavy atom. The van der Waals surface area contributed by atoms with Crippen LogP contribution in [0.25, 0.3) is 0 Å². The van der Waals surface area contributed by atoms with Crippen LogP contribution < -0.4 is 10.3 Å². The molecule has 1 fully saturated rings. The van der Waals surface area contributed by atoms with Crippen molar-refractivity contribution in [2.75, 3.05) is 5.75 Å². The fourth-order valence-electron chi connectivity index (χ4n) is 2.14. The SMILES string of the molecule is C[n+]1[nH]oc(=O)c1C(=O)CSC1CCCCC1. The zero-order valence-electron chi connectivity index (χ0n) is 9.90. The monoisotopic (exact) mass is 257 g/mol. The molecule has 0 amide bonds. The number of hydrogen-bond acceptors (Lipinski definition) is 4. The molecule has 0 spiro atoms. The molecule has 17 heavy (non-hydrogen) atoms. The number of carbonyl (C=O) groups excluding carboxylic acids is 1. The zero-order chi connectivity index (χ0) is 12.3. The van der Waals surface area contributed by atoms with Crippen molar-refractivity contribution in [2.45, 2.75) is 37.4 Å². The Hall–Kier alpha value is -1.04. The van der Waals surface area contributed by atoms with E-state index < -0.39 is 5.63 Å². The number of Topliss-reactive ketones (excluding diaryl/α,β-unsaturated/α-hetero) is 1. The van der Waals surface area contributed by atoms with Crippen molar-refractivity contribution >= 4 is 17.5 Å². The van der Waals surface area contributed by atoms with E-state index in [1.807, 2.05) is 0 Å². The number of aromatic nitrogens is 2. The first-order valence-corrected chi connectivity index (χ1v) is 6.95. The van der Waals surface area contributed by atoms with E-state index in [0.29, 0.717) is 11.0 Å². The Kier molecular flexibility index (Phi) is 4.04. The molecule has 1 saturated carbocycles. The predicted molar refractivity (Wildman–Crippen MR) is 64.2 cm³/mol. The highest BCUT2D eigenvalue weighted by Gasteiger charge is 2.27. The number of H-pyrrole nitrogens is 1. The summed E-state index contributed by atoms with van der Waals surface area (Å²) in [6, 6.07) is 0. The molecule has 0 unspecified atom stereocenters. The number of thioether (sulfide) groups is 1. The summed E-state index contributed by atoms with van der Waals surface area (Å²) in [6.07, 6.45) is 6.19. The van der Waals surface area contributed by atoms with Crippen LogP contribution >= 0.6 is 11.8 Å². The Bertz CT molecular complexity index is 446. The maximum absolute atomic E-state index is 11.9. The van der Waals surface area contributed by atoms with E-state index in [1.165, 1.54) is 36.8 Å². The summed E-state index contributed by atoms with van der Waals surface area (Å²) >= 11 is 1.66. The normalized spacial score (nSPS) is 17.2. The standard InChI is InChI=1S/C11H16N2O3S/c1-13-10(11(15)16-12-13)9(14)7-17-8-5-3-2-4-6-8/h8H,2-7H2,1H3/p+1. The third-order valence-electron chi connectivity index (χ3n) is 3.07. The van der Waals surface area contributed by atoms with Crippen LogP contribution in [0.5, 0.6) is 0 Å². The number of aromatic amines is 1. The lowest BCUT2D eigenvalue weighted by Crippen LogP contribution is -2.39. The van der Waals surface area contributed by atoms with E-state index in [0.717, 1.165) is 0 Å². The van der Waals surface area contributed by atoms with Gasteiger partial charge >= 0.3 is 11.3 Å². The third-order valence-corrected chi connectivity index (χ3v) is 4.44. The lowest BCUT2D eigenvalue weighted by Gasteiger charge is -2.19. The fraction of sp³-hybridized carbons (Fsp3) is 0.727. The molecular formula is C11H17N2O3S+. The molecule has 0 aliphatic heterocycles. The van der Waals surface area contributed by atoms with Gasteiger partial charge in [0.2, 0.25) is 5.78 Å². The molecule has 2 rings (SSSR count). The van der Waals surface area contributed by atoms with Crippen LogP contribution in [-0.2, 0) is 7.05 Å². The lowest BCUT2D eigenvalue weighted by atomic mass is 10.0. The van der Waals surface area contributed by atoms with Crippen LogP contribution in [0.2, 0.25) is 0 Å². The minimum atomic E-state index is -0.582. The number of nitrogens with one attached hydrogen (secondary N) is 1. The van der Waals surface area contributed by atoms with E-state index in [9.17, 15) is 9.59 Å². The van der Waals surface area contributed by atoms with Crippen LogP contribution in [-0.4, -0.2) is 22.1 Å².